The summed E-state index contributed by atoms with van der Waals surface area (Å²) in [5.41, 5.74) is 5.30. The molecule has 8 heteroatoms. The van der Waals surface area contributed by atoms with Crippen LogP contribution in [0.2, 0.25) is 0 Å². The van der Waals surface area contributed by atoms with Crippen molar-refractivity contribution >= 4 is 15.9 Å². The number of hydrogen-bond acceptors (Lipinski definition) is 5. The van der Waals surface area contributed by atoms with Gasteiger partial charge in [-0.25, -0.2) is 13.2 Å². The molecule has 2 amide bonds. The summed E-state index contributed by atoms with van der Waals surface area (Å²) < 4.78 is 23.9. The van der Waals surface area contributed by atoms with E-state index in [-0.39, 0.29) is 17.2 Å². The maximum absolute atomic E-state index is 12.0. The number of nitrogens with one attached hydrogen (secondary N) is 2. The van der Waals surface area contributed by atoms with Crippen LogP contribution in [0.25, 0.3) is 0 Å². The minimum absolute atomic E-state index is 0.0600. The number of carbonyl (C=O) groups is 1. The molecule has 0 saturated heterocycles. The van der Waals surface area contributed by atoms with Crippen LogP contribution in [0.5, 0.6) is 0 Å². The summed E-state index contributed by atoms with van der Waals surface area (Å²) in [6.45, 7) is 1.04. The van der Waals surface area contributed by atoms with E-state index in [9.17, 15) is 13.2 Å². The lowest BCUT2D eigenvalue weighted by Crippen LogP contribution is -2.36. The Morgan fingerprint density at radius 2 is 1.85 bits per heavy atom. The Labute approximate surface area is 117 Å². The van der Waals surface area contributed by atoms with Gasteiger partial charge in [-0.1, -0.05) is 0 Å². The molecule has 108 valence electrons. The molecule has 0 unspecified atom stereocenters. The van der Waals surface area contributed by atoms with Crippen LogP contribution >= 0.6 is 0 Å². The van der Waals surface area contributed by atoms with Gasteiger partial charge in [0.05, 0.1) is 22.3 Å². The van der Waals surface area contributed by atoms with Crippen LogP contribution in [0.4, 0.5) is 4.79 Å². The van der Waals surface area contributed by atoms with Crippen LogP contribution < -0.4 is 16.4 Å². The number of nitriles is 1. The average Bonchev–Trinajstić information content (AvgIpc) is 2.42. The Morgan fingerprint density at radius 1 is 1.20 bits per heavy atom. The monoisotopic (exact) mass is 296 g/mol. The molecular weight excluding hydrogens is 280 g/mol. The lowest BCUT2D eigenvalue weighted by molar-refractivity contribution is 0.249. The molecule has 1 rings (SSSR count). The number of rotatable bonds is 7. The predicted molar refractivity (Wildman–Crippen MR) is 73.7 cm³/mol. The van der Waals surface area contributed by atoms with E-state index >= 15 is 0 Å². The highest BCUT2D eigenvalue weighted by Crippen LogP contribution is 2.11. The first-order valence-corrected chi connectivity index (χ1v) is 7.58. The second-order valence-corrected chi connectivity index (χ2v) is 6.11. The molecule has 4 N–H and O–H groups in total. The molecule has 0 atom stereocenters. The van der Waals surface area contributed by atoms with Crippen LogP contribution in [-0.4, -0.2) is 39.8 Å². The summed E-state index contributed by atoms with van der Waals surface area (Å²) in [6, 6.07) is 7.09. The summed E-state index contributed by atoms with van der Waals surface area (Å²) in [5, 5.41) is 13.9. The molecule has 0 aromatic heterocycles. The summed E-state index contributed by atoms with van der Waals surface area (Å²) in [7, 11) is -3.37. The second kappa shape index (κ2) is 7.47. The lowest BCUT2D eigenvalue weighted by Gasteiger charge is -2.06. The summed E-state index contributed by atoms with van der Waals surface area (Å²) in [4.78, 5) is 10.6. The zero-order valence-corrected chi connectivity index (χ0v) is 11.6. The maximum Gasteiger partial charge on any atom is 0.312 e. The van der Waals surface area contributed by atoms with Gasteiger partial charge in [-0.15, -0.1) is 0 Å². The van der Waals surface area contributed by atoms with E-state index in [4.69, 9.17) is 11.0 Å². The summed E-state index contributed by atoms with van der Waals surface area (Å²) in [5.74, 6) is -0.0600. The molecule has 0 aliphatic rings. The van der Waals surface area contributed by atoms with Gasteiger partial charge in [-0.05, 0) is 24.3 Å². The summed E-state index contributed by atoms with van der Waals surface area (Å²) in [6.07, 6.45) is 0. The highest BCUT2D eigenvalue weighted by atomic mass is 32.2. The number of nitrogens with two attached hydrogens (primary N) is 1. The molecule has 0 bridgehead atoms. The van der Waals surface area contributed by atoms with E-state index < -0.39 is 15.9 Å². The smallest absolute Gasteiger partial charge is 0.312 e. The third-order valence-corrected chi connectivity index (χ3v) is 4.22. The molecule has 0 aliphatic heterocycles. The number of urea groups is 1. The van der Waals surface area contributed by atoms with Crippen LogP contribution in [0.3, 0.4) is 0 Å². The topological polar surface area (TPSA) is 125 Å². The first-order chi connectivity index (χ1) is 9.45. The minimum atomic E-state index is -3.37. The van der Waals surface area contributed by atoms with Gasteiger partial charge in [0, 0.05) is 19.6 Å². The fourth-order valence-electron chi connectivity index (χ4n) is 1.46. The van der Waals surface area contributed by atoms with E-state index in [0.29, 0.717) is 18.7 Å². The van der Waals surface area contributed by atoms with Crippen molar-refractivity contribution in [2.45, 2.75) is 4.90 Å². The van der Waals surface area contributed by atoms with Crippen LogP contribution in [0, 0.1) is 11.3 Å². The minimum Gasteiger partial charge on any atom is -0.352 e. The van der Waals surface area contributed by atoms with Gasteiger partial charge < -0.3 is 16.4 Å². The Hall–Kier alpha value is -2.11. The quantitative estimate of drug-likeness (QED) is 0.590. The van der Waals surface area contributed by atoms with Crippen molar-refractivity contribution in [2.24, 2.45) is 5.73 Å². The summed E-state index contributed by atoms with van der Waals surface area (Å²) >= 11 is 0. The van der Waals surface area contributed by atoms with Gasteiger partial charge in [0.15, 0.2) is 9.84 Å². The Bertz CT molecular complexity index is 590. The molecule has 7 nitrogen and oxygen atoms in total. The van der Waals surface area contributed by atoms with E-state index in [1.54, 1.807) is 0 Å². The number of benzene rings is 1. The number of sulfone groups is 1. The van der Waals surface area contributed by atoms with Crippen LogP contribution in [-0.2, 0) is 9.84 Å². The van der Waals surface area contributed by atoms with Gasteiger partial charge in [0.25, 0.3) is 0 Å². The highest BCUT2D eigenvalue weighted by Gasteiger charge is 2.13. The Morgan fingerprint density at radius 3 is 2.40 bits per heavy atom. The number of primary amides is 1. The number of nitrogens with zero attached hydrogens (tertiary/aromatic N) is 1. The van der Waals surface area contributed by atoms with E-state index in [2.05, 4.69) is 10.6 Å². The van der Waals surface area contributed by atoms with Crippen LogP contribution in [0.15, 0.2) is 29.2 Å². The molecule has 20 heavy (non-hydrogen) atoms. The molecule has 0 radical (unpaired) electrons. The first kappa shape index (κ1) is 15.9. The fraction of sp³-hybridized carbons (Fsp3) is 0.333. The normalized spacial score (nSPS) is 10.8. The maximum atomic E-state index is 12.0. The molecule has 0 aliphatic carbocycles. The van der Waals surface area contributed by atoms with Crippen molar-refractivity contribution in [3.63, 3.8) is 0 Å². The molecule has 1 aromatic rings. The first-order valence-electron chi connectivity index (χ1n) is 5.92. The number of carbonyl (C=O) groups excluding carboxylic acids is 1. The third kappa shape index (κ3) is 5.26. The van der Waals surface area contributed by atoms with E-state index in [0.717, 1.165) is 0 Å². The molecule has 0 heterocycles. The van der Waals surface area contributed by atoms with E-state index in [1.165, 1.54) is 24.3 Å². The van der Waals surface area contributed by atoms with Crippen molar-refractivity contribution < 1.29 is 13.2 Å². The predicted octanol–water partition coefficient (Wildman–Crippen LogP) is -0.410. The van der Waals surface area contributed by atoms with E-state index in [1.807, 2.05) is 6.07 Å². The van der Waals surface area contributed by atoms with Gasteiger partial charge in [0.1, 0.15) is 0 Å². The SMILES string of the molecule is N#Cc1ccc(S(=O)(=O)CCNCCNC(N)=O)cc1. The molecular formula is C12H16N4O3S. The van der Waals surface area contributed by atoms with Gasteiger partial charge >= 0.3 is 6.03 Å². The molecule has 0 saturated carbocycles. The largest absolute Gasteiger partial charge is 0.352 e. The molecule has 0 spiro atoms. The second-order valence-electron chi connectivity index (χ2n) is 4.00. The molecule has 1 aromatic carbocycles. The van der Waals surface area contributed by atoms with Gasteiger partial charge in [-0.3, -0.25) is 0 Å². The standard InChI is InChI=1S/C12H16N4O3S/c13-9-10-1-3-11(4-2-10)20(18,19)8-7-15-5-6-16-12(14)17/h1-4,15H,5-8H2,(H3,14,16,17). The zero-order valence-electron chi connectivity index (χ0n) is 10.8. The van der Waals surface area contributed by atoms with Crippen molar-refractivity contribution in [3.8, 4) is 6.07 Å². The van der Waals surface area contributed by atoms with Crippen molar-refractivity contribution in [1.82, 2.24) is 10.6 Å². The molecule has 0 fully saturated rings. The number of hydrogen-bond donors (Lipinski definition) is 3. The van der Waals surface area contributed by atoms with Crippen molar-refractivity contribution in [2.75, 3.05) is 25.4 Å². The lowest BCUT2D eigenvalue weighted by atomic mass is 10.2. The fourth-order valence-corrected chi connectivity index (χ4v) is 2.66. The van der Waals surface area contributed by atoms with Crippen LogP contribution in [0.1, 0.15) is 5.56 Å². The van der Waals surface area contributed by atoms with Gasteiger partial charge in [0.2, 0.25) is 0 Å². The van der Waals surface area contributed by atoms with Crippen molar-refractivity contribution in [3.05, 3.63) is 29.8 Å². The average molecular weight is 296 g/mol. The third-order valence-electron chi connectivity index (χ3n) is 2.49. The Balaban J connectivity index is 2.41. The van der Waals surface area contributed by atoms with Crippen molar-refractivity contribution in [1.29, 1.82) is 5.26 Å². The highest BCUT2D eigenvalue weighted by molar-refractivity contribution is 7.91. The number of amides is 2. The zero-order chi connectivity index (χ0) is 15.0. The Kier molecular flexibility index (Phi) is 5.96. The van der Waals surface area contributed by atoms with Gasteiger partial charge in [-0.2, -0.15) is 5.26 Å².